The van der Waals surface area contributed by atoms with Gasteiger partial charge in [0.25, 0.3) is 0 Å². The molecule has 6 nitrogen and oxygen atoms in total. The zero-order chi connectivity index (χ0) is 14.2. The predicted octanol–water partition coefficient (Wildman–Crippen LogP) is 1.36. The van der Waals surface area contributed by atoms with Crippen LogP contribution in [0, 0.1) is 12.8 Å². The first-order valence-corrected chi connectivity index (χ1v) is 7.64. The van der Waals surface area contributed by atoms with E-state index in [1.807, 2.05) is 25.3 Å². The molecule has 6 heteroatoms. The van der Waals surface area contributed by atoms with Crippen molar-refractivity contribution in [2.24, 2.45) is 5.92 Å². The molecule has 2 aromatic rings. The molecule has 2 aromatic heterocycles. The minimum Gasteiger partial charge on any atom is -0.335 e. The maximum Gasteiger partial charge on any atom is 0.245 e. The summed E-state index contributed by atoms with van der Waals surface area (Å²) in [5, 5.41) is 11.0. The first-order chi connectivity index (χ1) is 10.3. The summed E-state index contributed by atoms with van der Waals surface area (Å²) in [6.45, 7) is 5.20. The van der Waals surface area contributed by atoms with Gasteiger partial charge in [0.15, 0.2) is 5.82 Å². The highest BCUT2D eigenvalue weighted by Crippen LogP contribution is 2.29. The number of aryl methyl sites for hydroxylation is 1. The monoisotopic (exact) mass is 284 g/mol. The number of aromatic amines is 1. The molecule has 0 aliphatic carbocycles. The predicted molar refractivity (Wildman–Crippen MR) is 81.1 cm³/mol. The molecule has 2 aliphatic heterocycles. The molecule has 2 aliphatic rings. The molecule has 2 unspecified atom stereocenters. The Labute approximate surface area is 124 Å². The number of fused-ring (bicyclic) bond motifs is 1. The van der Waals surface area contributed by atoms with Gasteiger partial charge < -0.3 is 10.2 Å². The largest absolute Gasteiger partial charge is 0.335 e. The highest BCUT2D eigenvalue weighted by Gasteiger charge is 2.36. The van der Waals surface area contributed by atoms with Crippen LogP contribution in [-0.4, -0.2) is 45.8 Å². The van der Waals surface area contributed by atoms with Crippen LogP contribution in [0.1, 0.15) is 18.5 Å². The Balaban J connectivity index is 1.60. The van der Waals surface area contributed by atoms with Gasteiger partial charge in [-0.2, -0.15) is 4.98 Å². The lowest BCUT2D eigenvalue weighted by atomic mass is 9.92. The molecule has 2 fully saturated rings. The van der Waals surface area contributed by atoms with Gasteiger partial charge in [0.2, 0.25) is 5.95 Å². The van der Waals surface area contributed by atoms with E-state index in [2.05, 4.69) is 30.4 Å². The first kappa shape index (κ1) is 12.8. The van der Waals surface area contributed by atoms with Crippen LogP contribution in [0.3, 0.4) is 0 Å². The number of hydrogen-bond acceptors (Lipinski definition) is 5. The summed E-state index contributed by atoms with van der Waals surface area (Å²) in [6, 6.07) is 4.57. The quantitative estimate of drug-likeness (QED) is 0.871. The molecule has 0 saturated carbocycles. The third kappa shape index (κ3) is 2.29. The summed E-state index contributed by atoms with van der Waals surface area (Å²) in [6.07, 6.45) is 4.38. The maximum atomic E-state index is 4.69. The topological polar surface area (TPSA) is 69.7 Å². The average molecular weight is 284 g/mol. The molecule has 2 atom stereocenters. The molecule has 21 heavy (non-hydrogen) atoms. The van der Waals surface area contributed by atoms with Crippen molar-refractivity contribution >= 4 is 5.95 Å². The van der Waals surface area contributed by atoms with Gasteiger partial charge >= 0.3 is 0 Å². The second-order valence-electron chi connectivity index (χ2n) is 5.99. The van der Waals surface area contributed by atoms with Crippen LogP contribution in [0.5, 0.6) is 0 Å². The van der Waals surface area contributed by atoms with Crippen LogP contribution in [0.15, 0.2) is 18.3 Å². The SMILES string of the molecule is Cc1ccc(-c2nc(N3CCCC4CNCC43)n[nH]2)cn1. The molecular weight excluding hydrogens is 264 g/mol. The van der Waals surface area contributed by atoms with Gasteiger partial charge in [-0.1, -0.05) is 0 Å². The van der Waals surface area contributed by atoms with Crippen molar-refractivity contribution in [3.63, 3.8) is 0 Å². The molecule has 0 aromatic carbocycles. The molecule has 2 saturated heterocycles. The third-order valence-corrected chi connectivity index (χ3v) is 4.59. The smallest absolute Gasteiger partial charge is 0.245 e. The van der Waals surface area contributed by atoms with Crippen LogP contribution >= 0.6 is 0 Å². The van der Waals surface area contributed by atoms with E-state index in [1.54, 1.807) is 0 Å². The normalized spacial score (nSPS) is 25.1. The highest BCUT2D eigenvalue weighted by molar-refractivity contribution is 5.55. The van der Waals surface area contributed by atoms with Crippen molar-refractivity contribution in [1.29, 1.82) is 0 Å². The summed E-state index contributed by atoms with van der Waals surface area (Å²) in [4.78, 5) is 11.4. The fraction of sp³-hybridized carbons (Fsp3) is 0.533. The molecule has 0 radical (unpaired) electrons. The van der Waals surface area contributed by atoms with Crippen LogP contribution in [0.25, 0.3) is 11.4 Å². The van der Waals surface area contributed by atoms with Crippen molar-refractivity contribution < 1.29 is 0 Å². The molecule has 0 amide bonds. The number of nitrogens with one attached hydrogen (secondary N) is 2. The highest BCUT2D eigenvalue weighted by atomic mass is 15.4. The van der Waals surface area contributed by atoms with E-state index in [-0.39, 0.29) is 0 Å². The van der Waals surface area contributed by atoms with Crippen molar-refractivity contribution in [1.82, 2.24) is 25.5 Å². The first-order valence-electron chi connectivity index (χ1n) is 7.64. The minimum absolute atomic E-state index is 0.540. The molecule has 2 N–H and O–H groups in total. The lowest BCUT2D eigenvalue weighted by molar-refractivity contribution is 0.381. The lowest BCUT2D eigenvalue weighted by Gasteiger charge is -2.36. The molecule has 4 rings (SSSR count). The second-order valence-corrected chi connectivity index (χ2v) is 5.99. The Morgan fingerprint density at radius 2 is 2.24 bits per heavy atom. The number of rotatable bonds is 2. The van der Waals surface area contributed by atoms with Gasteiger partial charge in [0.1, 0.15) is 0 Å². The summed E-state index contributed by atoms with van der Waals surface area (Å²) in [5.74, 6) is 2.36. The van der Waals surface area contributed by atoms with Gasteiger partial charge in [-0.25, -0.2) is 0 Å². The Morgan fingerprint density at radius 1 is 1.29 bits per heavy atom. The molecule has 4 heterocycles. The van der Waals surface area contributed by atoms with Crippen molar-refractivity contribution in [2.75, 3.05) is 24.5 Å². The summed E-state index contributed by atoms with van der Waals surface area (Å²) in [5.41, 5.74) is 1.99. The zero-order valence-corrected chi connectivity index (χ0v) is 12.2. The Morgan fingerprint density at radius 3 is 3.10 bits per heavy atom. The van der Waals surface area contributed by atoms with Gasteiger partial charge in [-0.15, -0.1) is 5.10 Å². The van der Waals surface area contributed by atoms with E-state index in [1.165, 1.54) is 12.8 Å². The number of piperidine rings is 1. The van der Waals surface area contributed by atoms with Crippen molar-refractivity contribution in [3.8, 4) is 11.4 Å². The lowest BCUT2D eigenvalue weighted by Crippen LogP contribution is -2.45. The van der Waals surface area contributed by atoms with E-state index in [4.69, 9.17) is 0 Å². The summed E-state index contributed by atoms with van der Waals surface area (Å²) >= 11 is 0. The van der Waals surface area contributed by atoms with Crippen molar-refractivity contribution in [2.45, 2.75) is 25.8 Å². The standard InChI is InChI=1S/C15H20N6/c1-10-4-5-12(8-17-10)14-18-15(20-19-14)21-6-2-3-11-7-16-9-13(11)21/h4-5,8,11,13,16H,2-3,6-7,9H2,1H3,(H,18,19,20). The van der Waals surface area contributed by atoms with Crippen molar-refractivity contribution in [3.05, 3.63) is 24.0 Å². The number of aromatic nitrogens is 4. The number of hydrogen-bond donors (Lipinski definition) is 2. The minimum atomic E-state index is 0.540. The van der Waals surface area contributed by atoms with Gasteiger partial charge in [-0.05, 0) is 37.8 Å². The number of H-pyrrole nitrogens is 1. The maximum absolute atomic E-state index is 4.69. The van der Waals surface area contributed by atoms with Crippen LogP contribution < -0.4 is 10.2 Å². The summed E-state index contributed by atoms with van der Waals surface area (Å²) in [7, 11) is 0. The zero-order valence-electron chi connectivity index (χ0n) is 12.2. The van der Waals surface area contributed by atoms with Crippen LogP contribution in [-0.2, 0) is 0 Å². The van der Waals surface area contributed by atoms with E-state index >= 15 is 0 Å². The van der Waals surface area contributed by atoms with Crippen LogP contribution in [0.2, 0.25) is 0 Å². The Hall–Kier alpha value is -1.95. The average Bonchev–Trinajstić information content (AvgIpc) is 3.16. The van der Waals surface area contributed by atoms with Gasteiger partial charge in [-0.3, -0.25) is 10.1 Å². The van der Waals surface area contributed by atoms with E-state index in [0.29, 0.717) is 6.04 Å². The summed E-state index contributed by atoms with van der Waals surface area (Å²) < 4.78 is 0. The van der Waals surface area contributed by atoms with Gasteiger partial charge in [0.05, 0.1) is 0 Å². The Bertz CT molecular complexity index is 619. The fourth-order valence-electron chi connectivity index (χ4n) is 3.43. The number of nitrogens with zero attached hydrogens (tertiary/aromatic N) is 4. The van der Waals surface area contributed by atoms with Gasteiger partial charge in [0, 0.05) is 43.1 Å². The van der Waals surface area contributed by atoms with E-state index in [0.717, 1.165) is 48.6 Å². The molecule has 0 spiro atoms. The molecular formula is C15H20N6. The van der Waals surface area contributed by atoms with Crippen LogP contribution in [0.4, 0.5) is 5.95 Å². The second kappa shape index (κ2) is 5.11. The number of anilines is 1. The molecule has 110 valence electrons. The van der Waals surface area contributed by atoms with E-state index in [9.17, 15) is 0 Å². The number of pyridine rings is 1. The third-order valence-electron chi connectivity index (χ3n) is 4.59. The fourth-order valence-corrected chi connectivity index (χ4v) is 3.43. The molecule has 0 bridgehead atoms. The van der Waals surface area contributed by atoms with E-state index < -0.39 is 0 Å². The Kier molecular flexibility index (Phi) is 3.11.